The molecule has 1 saturated heterocycles. The summed E-state index contributed by atoms with van der Waals surface area (Å²) in [4.78, 5) is 37.4. The summed E-state index contributed by atoms with van der Waals surface area (Å²) in [5.41, 5.74) is 0.521. The number of ketones is 1. The van der Waals surface area contributed by atoms with Crippen LogP contribution in [0, 0.1) is 17.8 Å². The predicted molar refractivity (Wildman–Crippen MR) is 128 cm³/mol. The van der Waals surface area contributed by atoms with Crippen LogP contribution in [0.1, 0.15) is 18.9 Å². The Labute approximate surface area is 222 Å². The SMILES string of the molecule is COC(=O)C1=CO[C@@H](O[C@@H]2O[C@H](CO)[C@@H](O)[C@H](O)[C@H]2OC(=O)/C=C/c2ccc(O)c(O)c2)[C@H]2[C@@H]1CC(=O)[C@@H]2C. The lowest BCUT2D eigenvalue weighted by Gasteiger charge is -2.43. The summed E-state index contributed by atoms with van der Waals surface area (Å²) in [6.07, 6.45) is -5.52. The van der Waals surface area contributed by atoms with Crippen molar-refractivity contribution in [1.29, 1.82) is 0 Å². The number of aromatic hydroxyl groups is 2. The van der Waals surface area contributed by atoms with Crippen molar-refractivity contribution in [1.82, 2.24) is 0 Å². The molecule has 0 spiro atoms. The van der Waals surface area contributed by atoms with Gasteiger partial charge in [-0.05, 0) is 23.8 Å². The minimum absolute atomic E-state index is 0.0537. The molecule has 1 aromatic rings. The first-order chi connectivity index (χ1) is 18.5. The highest BCUT2D eigenvalue weighted by atomic mass is 16.8. The Balaban J connectivity index is 1.55. The lowest BCUT2D eigenvalue weighted by molar-refractivity contribution is -0.343. The molecule has 39 heavy (non-hydrogen) atoms. The van der Waals surface area contributed by atoms with Crippen LogP contribution < -0.4 is 0 Å². The summed E-state index contributed by atoms with van der Waals surface area (Å²) in [5, 5.41) is 49.7. The van der Waals surface area contributed by atoms with Gasteiger partial charge in [0.25, 0.3) is 0 Å². The minimum atomic E-state index is -1.74. The number of methoxy groups -OCH3 is 1. The van der Waals surface area contributed by atoms with Crippen LogP contribution in [0.4, 0.5) is 0 Å². The molecule has 0 bridgehead atoms. The fourth-order valence-electron chi connectivity index (χ4n) is 5.01. The largest absolute Gasteiger partial charge is 0.504 e. The molecule has 0 amide bonds. The summed E-state index contributed by atoms with van der Waals surface area (Å²) >= 11 is 0. The van der Waals surface area contributed by atoms with Crippen molar-refractivity contribution < 1.29 is 63.6 Å². The average Bonchev–Trinajstić information content (AvgIpc) is 3.22. The quantitative estimate of drug-likeness (QED) is 0.169. The first kappa shape index (κ1) is 28.5. The lowest BCUT2D eigenvalue weighted by atomic mass is 9.83. The molecular formula is C26H30O13. The molecule has 9 atom stereocenters. The molecule has 3 aliphatic rings. The lowest BCUT2D eigenvalue weighted by Crippen LogP contribution is -2.61. The molecule has 5 N–H and O–H groups in total. The fourth-order valence-corrected chi connectivity index (χ4v) is 5.01. The van der Waals surface area contributed by atoms with E-state index in [1.54, 1.807) is 6.92 Å². The maximum atomic E-state index is 12.6. The van der Waals surface area contributed by atoms with E-state index in [1.807, 2.05) is 0 Å². The number of Topliss-reactive ketones (excluding diaryl/α,β-unsaturated/α-hetero) is 1. The molecule has 1 aromatic carbocycles. The van der Waals surface area contributed by atoms with E-state index in [1.165, 1.54) is 31.4 Å². The van der Waals surface area contributed by atoms with Gasteiger partial charge in [-0.2, -0.15) is 0 Å². The molecule has 0 radical (unpaired) electrons. The van der Waals surface area contributed by atoms with Gasteiger partial charge in [-0.1, -0.05) is 13.0 Å². The molecule has 2 heterocycles. The van der Waals surface area contributed by atoms with Crippen LogP contribution in [0.15, 0.2) is 36.1 Å². The number of fused-ring (bicyclic) bond motifs is 1. The second kappa shape index (κ2) is 11.7. The number of benzene rings is 1. The van der Waals surface area contributed by atoms with Crippen LogP contribution in [0.5, 0.6) is 11.5 Å². The zero-order valence-electron chi connectivity index (χ0n) is 21.1. The third kappa shape index (κ3) is 5.77. The van der Waals surface area contributed by atoms with Gasteiger partial charge in [-0.3, -0.25) is 4.79 Å². The van der Waals surface area contributed by atoms with E-state index in [-0.39, 0.29) is 23.5 Å². The zero-order chi connectivity index (χ0) is 28.4. The van der Waals surface area contributed by atoms with Gasteiger partial charge in [0, 0.05) is 30.3 Å². The minimum Gasteiger partial charge on any atom is -0.504 e. The van der Waals surface area contributed by atoms with Crippen molar-refractivity contribution in [3.05, 3.63) is 41.7 Å². The number of ether oxygens (including phenoxy) is 5. The van der Waals surface area contributed by atoms with E-state index in [0.717, 1.165) is 12.3 Å². The highest BCUT2D eigenvalue weighted by molar-refractivity contribution is 5.93. The number of aliphatic hydroxyl groups excluding tert-OH is 3. The molecule has 0 aromatic heterocycles. The van der Waals surface area contributed by atoms with Crippen LogP contribution in [-0.2, 0) is 38.1 Å². The molecular weight excluding hydrogens is 520 g/mol. The monoisotopic (exact) mass is 550 g/mol. The summed E-state index contributed by atoms with van der Waals surface area (Å²) in [6.45, 7) is 0.967. The van der Waals surface area contributed by atoms with Gasteiger partial charge in [-0.25, -0.2) is 9.59 Å². The molecule has 0 unspecified atom stereocenters. The van der Waals surface area contributed by atoms with E-state index in [0.29, 0.717) is 5.56 Å². The number of aliphatic hydroxyl groups is 3. The number of carbonyl (C=O) groups excluding carboxylic acids is 3. The van der Waals surface area contributed by atoms with Crippen molar-refractivity contribution in [2.75, 3.05) is 13.7 Å². The maximum absolute atomic E-state index is 12.6. The Bertz CT molecular complexity index is 1160. The van der Waals surface area contributed by atoms with Crippen molar-refractivity contribution in [2.45, 2.75) is 50.3 Å². The standard InChI is InChI=1S/C26H30O13/c1-11-16(29)8-13-14(24(34)35-2)10-36-25(20(11)13)39-26-23(22(33)21(32)18(9-27)37-26)38-19(31)6-4-12-3-5-15(28)17(30)7-12/h3-7,10-11,13,18,20-23,25-28,30,32-33H,8-9H2,1-2H3/b6-4+/t11-,13+,18+,20+,21+,22-,23+,25-,26-/m0/s1. The number of rotatable bonds is 7. The fraction of sp³-hybridized carbons (Fsp3) is 0.500. The van der Waals surface area contributed by atoms with Crippen molar-refractivity contribution >= 4 is 23.8 Å². The Hall–Kier alpha value is -3.49. The third-order valence-electron chi connectivity index (χ3n) is 7.19. The number of hydrogen-bond donors (Lipinski definition) is 5. The van der Waals surface area contributed by atoms with Crippen LogP contribution >= 0.6 is 0 Å². The second-order valence-corrected chi connectivity index (χ2v) is 9.54. The van der Waals surface area contributed by atoms with Crippen molar-refractivity contribution in [3.63, 3.8) is 0 Å². The van der Waals surface area contributed by atoms with Gasteiger partial charge >= 0.3 is 11.9 Å². The Morgan fingerprint density at radius 2 is 1.87 bits per heavy atom. The van der Waals surface area contributed by atoms with Gasteiger partial charge in [0.1, 0.15) is 24.1 Å². The molecule has 13 nitrogen and oxygen atoms in total. The van der Waals surface area contributed by atoms with Crippen molar-refractivity contribution in [2.24, 2.45) is 17.8 Å². The van der Waals surface area contributed by atoms with Gasteiger partial charge in [-0.15, -0.1) is 0 Å². The topological polar surface area (TPSA) is 199 Å². The van der Waals surface area contributed by atoms with E-state index in [4.69, 9.17) is 23.7 Å². The van der Waals surface area contributed by atoms with Crippen molar-refractivity contribution in [3.8, 4) is 11.5 Å². The summed E-state index contributed by atoms with van der Waals surface area (Å²) in [6, 6.07) is 3.85. The zero-order valence-corrected chi connectivity index (χ0v) is 21.1. The van der Waals surface area contributed by atoms with E-state index < -0.39 is 79.0 Å². The van der Waals surface area contributed by atoms with E-state index in [9.17, 15) is 39.9 Å². The second-order valence-electron chi connectivity index (χ2n) is 9.54. The number of phenols is 2. The molecule has 13 heteroatoms. The van der Waals surface area contributed by atoms with Crippen LogP contribution in [0.2, 0.25) is 0 Å². The normalized spacial score (nSPS) is 34.2. The average molecular weight is 551 g/mol. The number of phenolic OH excluding ortho intramolecular Hbond substituents is 2. The van der Waals surface area contributed by atoms with Gasteiger partial charge in [0.2, 0.25) is 12.6 Å². The Morgan fingerprint density at radius 1 is 1.13 bits per heavy atom. The highest BCUT2D eigenvalue weighted by Crippen LogP contribution is 2.46. The Kier molecular flexibility index (Phi) is 8.57. The number of hydrogen-bond acceptors (Lipinski definition) is 13. The van der Waals surface area contributed by atoms with Gasteiger partial charge < -0.3 is 49.2 Å². The van der Waals surface area contributed by atoms with E-state index in [2.05, 4.69) is 0 Å². The molecule has 1 saturated carbocycles. The smallest absolute Gasteiger partial charge is 0.337 e. The molecule has 2 aliphatic heterocycles. The first-order valence-electron chi connectivity index (χ1n) is 12.2. The maximum Gasteiger partial charge on any atom is 0.337 e. The molecule has 2 fully saturated rings. The molecule has 212 valence electrons. The highest BCUT2D eigenvalue weighted by Gasteiger charge is 2.54. The van der Waals surface area contributed by atoms with Gasteiger partial charge in [0.05, 0.1) is 25.6 Å². The molecule has 4 rings (SSSR count). The van der Waals surface area contributed by atoms with Crippen LogP contribution in [0.3, 0.4) is 0 Å². The first-order valence-corrected chi connectivity index (χ1v) is 12.2. The van der Waals surface area contributed by atoms with Gasteiger partial charge in [0.15, 0.2) is 17.6 Å². The summed E-state index contributed by atoms with van der Waals surface area (Å²) < 4.78 is 27.3. The molecule has 1 aliphatic carbocycles. The third-order valence-corrected chi connectivity index (χ3v) is 7.19. The van der Waals surface area contributed by atoms with Crippen LogP contribution in [0.25, 0.3) is 6.08 Å². The number of carbonyl (C=O) groups is 3. The predicted octanol–water partition coefficient (Wildman–Crippen LogP) is -0.267. The summed E-state index contributed by atoms with van der Waals surface area (Å²) in [7, 11) is 1.20. The summed E-state index contributed by atoms with van der Waals surface area (Å²) in [5.74, 6) is -4.29. The Morgan fingerprint density at radius 3 is 2.54 bits per heavy atom. The van der Waals surface area contributed by atoms with Crippen LogP contribution in [-0.4, -0.2) is 94.0 Å². The number of esters is 2. The van der Waals surface area contributed by atoms with E-state index >= 15 is 0 Å².